The first-order chi connectivity index (χ1) is 16.1. The minimum Gasteiger partial charge on any atom is -0.497 e. The Labute approximate surface area is 192 Å². The van der Waals surface area contributed by atoms with Crippen LogP contribution in [0.1, 0.15) is 11.1 Å². The fraction of sp³-hybridized carbons (Fsp3) is 0.0800. The quantitative estimate of drug-likeness (QED) is 0.408. The van der Waals surface area contributed by atoms with E-state index in [-0.39, 0.29) is 11.2 Å². The third kappa shape index (κ3) is 2.76. The number of anilines is 1. The number of thioether (sulfide) groups is 1. The van der Waals surface area contributed by atoms with Crippen LogP contribution in [-0.2, 0) is 5.75 Å². The van der Waals surface area contributed by atoms with Crippen molar-refractivity contribution >= 4 is 33.9 Å². The Kier molecular flexibility index (Phi) is 4.22. The van der Waals surface area contributed by atoms with E-state index >= 15 is 0 Å². The van der Waals surface area contributed by atoms with Gasteiger partial charge in [0.05, 0.1) is 23.9 Å². The van der Waals surface area contributed by atoms with Gasteiger partial charge in [-0.2, -0.15) is 10.4 Å². The summed E-state index contributed by atoms with van der Waals surface area (Å²) >= 11 is 1.64. The van der Waals surface area contributed by atoms with Gasteiger partial charge in [-0.3, -0.25) is 0 Å². The van der Waals surface area contributed by atoms with Crippen LogP contribution in [0.25, 0.3) is 38.9 Å². The molecule has 0 bridgehead atoms. The predicted molar refractivity (Wildman–Crippen MR) is 127 cm³/mol. The van der Waals surface area contributed by atoms with Crippen molar-refractivity contribution in [2.45, 2.75) is 10.6 Å². The van der Waals surface area contributed by atoms with Crippen molar-refractivity contribution < 1.29 is 9.15 Å². The molecule has 2 aromatic carbocycles. The lowest BCUT2D eigenvalue weighted by Crippen LogP contribution is -2.13. The molecular weight excluding hydrogens is 436 g/mol. The lowest BCUT2D eigenvalue weighted by atomic mass is 9.98. The van der Waals surface area contributed by atoms with Gasteiger partial charge in [-0.1, -0.05) is 18.2 Å². The van der Waals surface area contributed by atoms with Gasteiger partial charge >= 0.3 is 5.63 Å². The highest BCUT2D eigenvalue weighted by atomic mass is 32.2. The average Bonchev–Trinajstić information content (AvgIpc) is 3.30. The van der Waals surface area contributed by atoms with Crippen LogP contribution in [0.3, 0.4) is 0 Å². The summed E-state index contributed by atoms with van der Waals surface area (Å²) < 4.78 is 12.5. The van der Waals surface area contributed by atoms with E-state index in [0.717, 1.165) is 27.3 Å². The first kappa shape index (κ1) is 19.5. The van der Waals surface area contributed by atoms with E-state index in [0.29, 0.717) is 33.7 Å². The first-order valence-corrected chi connectivity index (χ1v) is 11.2. The molecule has 33 heavy (non-hydrogen) atoms. The van der Waals surface area contributed by atoms with E-state index < -0.39 is 5.63 Å². The smallest absolute Gasteiger partial charge is 0.348 e. The summed E-state index contributed by atoms with van der Waals surface area (Å²) in [4.78, 5) is 14.2. The zero-order chi connectivity index (χ0) is 22.7. The highest BCUT2D eigenvalue weighted by Crippen LogP contribution is 2.45. The third-order valence-corrected chi connectivity index (χ3v) is 7.03. The standard InChI is InChI=1S/C25H16N4O3S/c1-31-14-8-6-13(7-9-14)18-10-19-16(11-26)21-17-12-33-20-5-3-2-4-15(20)23(17)32-25(30)22(21)24(27)29(19)28-18/h2-10H,12,27H2,1H3. The summed E-state index contributed by atoms with van der Waals surface area (Å²) in [6.45, 7) is 0. The molecule has 160 valence electrons. The lowest BCUT2D eigenvalue weighted by Gasteiger charge is -2.20. The minimum absolute atomic E-state index is 0.152. The van der Waals surface area contributed by atoms with Gasteiger partial charge in [0.1, 0.15) is 28.8 Å². The molecule has 0 spiro atoms. The lowest BCUT2D eigenvalue weighted by molar-refractivity contribution is 0.415. The maximum Gasteiger partial charge on any atom is 0.348 e. The van der Waals surface area contributed by atoms with E-state index in [2.05, 4.69) is 11.2 Å². The number of nitrogen functional groups attached to an aromatic ring is 1. The molecule has 2 N–H and O–H groups in total. The largest absolute Gasteiger partial charge is 0.497 e. The van der Waals surface area contributed by atoms with Crippen molar-refractivity contribution in [2.75, 3.05) is 12.8 Å². The van der Waals surface area contributed by atoms with Crippen molar-refractivity contribution in [3.8, 4) is 34.4 Å². The van der Waals surface area contributed by atoms with Gasteiger partial charge in [0.15, 0.2) is 0 Å². The fourth-order valence-electron chi connectivity index (χ4n) is 4.36. The van der Waals surface area contributed by atoms with Gasteiger partial charge in [-0.25, -0.2) is 9.31 Å². The number of hydrogen-bond acceptors (Lipinski definition) is 7. The molecule has 1 aliphatic heterocycles. The number of aromatic nitrogens is 2. The second-order valence-corrected chi connectivity index (χ2v) is 8.68. The number of rotatable bonds is 2. The molecule has 0 atom stereocenters. The number of ether oxygens (including phenoxy) is 1. The molecule has 1 aliphatic rings. The molecule has 4 heterocycles. The molecule has 0 saturated carbocycles. The second-order valence-electron chi connectivity index (χ2n) is 7.66. The summed E-state index contributed by atoms with van der Waals surface area (Å²) in [5, 5.41) is 15.5. The molecule has 0 amide bonds. The Balaban J connectivity index is 1.70. The fourth-order valence-corrected chi connectivity index (χ4v) is 5.42. The average molecular weight is 452 g/mol. The van der Waals surface area contributed by atoms with E-state index in [9.17, 15) is 10.1 Å². The van der Waals surface area contributed by atoms with Gasteiger partial charge in [-0.05, 0) is 36.4 Å². The molecule has 0 radical (unpaired) electrons. The number of nitrogens with two attached hydrogens (primary N) is 1. The van der Waals surface area contributed by atoms with Gasteiger partial charge in [-0.15, -0.1) is 11.8 Å². The minimum atomic E-state index is -0.581. The zero-order valence-corrected chi connectivity index (χ0v) is 18.3. The van der Waals surface area contributed by atoms with Crippen LogP contribution in [-0.4, -0.2) is 16.7 Å². The molecule has 6 rings (SSSR count). The van der Waals surface area contributed by atoms with Crippen molar-refractivity contribution in [1.29, 1.82) is 5.26 Å². The SMILES string of the molecule is COc1ccc(-c2cc3c(C#N)c4c5c(oc(=O)c4c(N)n3n2)-c2ccccc2SC5)cc1. The Morgan fingerprint density at radius 1 is 1.18 bits per heavy atom. The number of fused-ring (bicyclic) bond motifs is 6. The molecule has 0 saturated heterocycles. The summed E-state index contributed by atoms with van der Waals surface area (Å²) in [5.41, 5.74) is 9.88. The Hall–Kier alpha value is -4.22. The summed E-state index contributed by atoms with van der Waals surface area (Å²) in [7, 11) is 1.61. The highest BCUT2D eigenvalue weighted by Gasteiger charge is 2.28. The molecule has 3 aromatic heterocycles. The molecule has 7 nitrogen and oxygen atoms in total. The second kappa shape index (κ2) is 7.15. The van der Waals surface area contributed by atoms with E-state index in [1.165, 1.54) is 4.52 Å². The van der Waals surface area contributed by atoms with Crippen molar-refractivity contribution in [2.24, 2.45) is 0 Å². The first-order valence-electron chi connectivity index (χ1n) is 10.2. The Bertz CT molecular complexity index is 1690. The van der Waals surface area contributed by atoms with Gasteiger partial charge in [0, 0.05) is 32.7 Å². The predicted octanol–water partition coefficient (Wildman–Crippen LogP) is 4.84. The summed E-state index contributed by atoms with van der Waals surface area (Å²) in [5.74, 6) is 1.94. The maximum atomic E-state index is 13.1. The van der Waals surface area contributed by atoms with Gasteiger partial charge < -0.3 is 14.9 Å². The maximum absolute atomic E-state index is 13.1. The van der Waals surface area contributed by atoms with Crippen molar-refractivity contribution in [1.82, 2.24) is 9.61 Å². The summed E-state index contributed by atoms with van der Waals surface area (Å²) in [6, 6.07) is 19.3. The highest BCUT2D eigenvalue weighted by molar-refractivity contribution is 7.98. The van der Waals surface area contributed by atoms with Gasteiger partial charge in [0.25, 0.3) is 0 Å². The van der Waals surface area contributed by atoms with Crippen molar-refractivity contribution in [3.63, 3.8) is 0 Å². The van der Waals surface area contributed by atoms with Crippen LogP contribution in [0.2, 0.25) is 0 Å². The van der Waals surface area contributed by atoms with Crippen LogP contribution in [0.5, 0.6) is 5.75 Å². The van der Waals surface area contributed by atoms with Crippen LogP contribution in [0, 0.1) is 11.3 Å². The number of pyridine rings is 1. The summed E-state index contributed by atoms with van der Waals surface area (Å²) in [6.07, 6.45) is 0. The Morgan fingerprint density at radius 3 is 2.73 bits per heavy atom. The molecule has 0 unspecified atom stereocenters. The number of methoxy groups -OCH3 is 1. The number of benzene rings is 2. The van der Waals surface area contributed by atoms with Crippen molar-refractivity contribution in [3.05, 3.63) is 76.1 Å². The van der Waals surface area contributed by atoms with Crippen LogP contribution < -0.4 is 16.1 Å². The number of nitrogens with zero attached hydrogens (tertiary/aromatic N) is 3. The molecular formula is C25H16N4O3S. The van der Waals surface area contributed by atoms with Crippen LogP contribution in [0.4, 0.5) is 5.82 Å². The topological polar surface area (TPSA) is 107 Å². The normalized spacial score (nSPS) is 12.4. The monoisotopic (exact) mass is 452 g/mol. The van der Waals surface area contributed by atoms with Gasteiger partial charge in [0.2, 0.25) is 0 Å². The molecule has 5 aromatic rings. The van der Waals surface area contributed by atoms with Crippen LogP contribution in [0.15, 0.2) is 68.7 Å². The van der Waals surface area contributed by atoms with Crippen LogP contribution >= 0.6 is 11.8 Å². The molecule has 8 heteroatoms. The molecule has 0 aliphatic carbocycles. The third-order valence-electron chi connectivity index (χ3n) is 5.93. The van der Waals surface area contributed by atoms with E-state index in [1.807, 2.05) is 54.6 Å². The van der Waals surface area contributed by atoms with E-state index in [4.69, 9.17) is 14.9 Å². The van der Waals surface area contributed by atoms with E-state index in [1.54, 1.807) is 18.9 Å². The Morgan fingerprint density at radius 2 is 1.97 bits per heavy atom. The number of hydrogen-bond donors (Lipinski definition) is 1. The molecule has 0 fully saturated rings. The zero-order valence-electron chi connectivity index (χ0n) is 17.5. The number of nitriles is 1.